The number of rotatable bonds is 5. The summed E-state index contributed by atoms with van der Waals surface area (Å²) in [7, 11) is 0. The van der Waals surface area contributed by atoms with Gasteiger partial charge in [-0.2, -0.15) is 5.10 Å². The molecule has 0 aliphatic carbocycles. The summed E-state index contributed by atoms with van der Waals surface area (Å²) in [5.74, 6) is 1.71. The minimum absolute atomic E-state index is 0.401. The maximum Gasteiger partial charge on any atom is 0.140 e. The number of nitrogens with one attached hydrogen (secondary N) is 1. The van der Waals surface area contributed by atoms with Crippen LogP contribution in [0, 0.1) is 11.3 Å². The predicted octanol–water partition coefficient (Wildman–Crippen LogP) is 3.89. The van der Waals surface area contributed by atoms with E-state index in [1.54, 1.807) is 17.7 Å². The first kappa shape index (κ1) is 18.1. The highest BCUT2D eigenvalue weighted by molar-refractivity contribution is 7.18. The molecule has 6 nitrogen and oxygen atoms in total. The third-order valence-corrected chi connectivity index (χ3v) is 7.60. The molecule has 1 spiro atoms. The van der Waals surface area contributed by atoms with Gasteiger partial charge < -0.3 is 4.90 Å². The average molecular weight is 397 g/mol. The van der Waals surface area contributed by atoms with Gasteiger partial charge in [0.25, 0.3) is 0 Å². The van der Waals surface area contributed by atoms with E-state index < -0.39 is 0 Å². The number of aromatic amines is 1. The van der Waals surface area contributed by atoms with Gasteiger partial charge in [0.05, 0.1) is 11.6 Å². The standard InChI is InChI=1S/C21H28N6S/c1-4-16-7-17-19(22-13-23-20(17)28-16)26-6-5-21(10-26)11-27(12-21)18(14(2)3)15-8-24-25-9-15/h7-9,13-14,18H,4-6,10-12H2,1-3H3,(H,24,25)/t18-/m1/s1. The molecular weight excluding hydrogens is 368 g/mol. The van der Waals surface area contributed by atoms with Crippen LogP contribution in [0.1, 0.15) is 43.7 Å². The van der Waals surface area contributed by atoms with Crippen molar-refractivity contribution < 1.29 is 0 Å². The van der Waals surface area contributed by atoms with Gasteiger partial charge in [-0.25, -0.2) is 9.97 Å². The second kappa shape index (κ2) is 6.81. The first-order chi connectivity index (χ1) is 13.6. The van der Waals surface area contributed by atoms with Crippen LogP contribution in [0.15, 0.2) is 24.8 Å². The van der Waals surface area contributed by atoms with Crippen molar-refractivity contribution in [1.82, 2.24) is 25.1 Å². The number of H-pyrrole nitrogens is 1. The Morgan fingerprint density at radius 2 is 2.11 bits per heavy atom. The lowest BCUT2D eigenvalue weighted by Gasteiger charge is -2.52. The maximum atomic E-state index is 4.68. The fraction of sp³-hybridized carbons (Fsp3) is 0.571. The summed E-state index contributed by atoms with van der Waals surface area (Å²) in [6.07, 6.45) is 8.07. The first-order valence-corrected chi connectivity index (χ1v) is 11.1. The van der Waals surface area contributed by atoms with Crippen molar-refractivity contribution in [2.24, 2.45) is 11.3 Å². The van der Waals surface area contributed by atoms with E-state index >= 15 is 0 Å². The highest BCUT2D eigenvalue weighted by atomic mass is 32.1. The lowest BCUT2D eigenvalue weighted by molar-refractivity contribution is -0.0321. The Hall–Kier alpha value is -1.99. The molecule has 3 aromatic heterocycles. The number of nitrogens with zero attached hydrogens (tertiary/aromatic N) is 5. The van der Waals surface area contributed by atoms with Gasteiger partial charge in [0, 0.05) is 54.3 Å². The number of aromatic nitrogens is 4. The Balaban J connectivity index is 1.33. The molecule has 148 valence electrons. The van der Waals surface area contributed by atoms with Crippen LogP contribution >= 0.6 is 11.3 Å². The largest absolute Gasteiger partial charge is 0.355 e. The second-order valence-corrected chi connectivity index (χ2v) is 9.89. The Morgan fingerprint density at radius 3 is 2.82 bits per heavy atom. The SMILES string of the molecule is CCc1cc2c(N3CCC4(C3)CN([C@@H](c3cn[nH]c3)C(C)C)C4)ncnc2s1. The van der Waals surface area contributed by atoms with Gasteiger partial charge in [-0.15, -0.1) is 11.3 Å². The van der Waals surface area contributed by atoms with Gasteiger partial charge in [-0.3, -0.25) is 10.00 Å². The van der Waals surface area contributed by atoms with E-state index in [2.05, 4.69) is 63.0 Å². The Labute approximate surface area is 170 Å². The van der Waals surface area contributed by atoms with E-state index in [1.165, 1.54) is 22.2 Å². The molecule has 28 heavy (non-hydrogen) atoms. The molecule has 2 aliphatic rings. The van der Waals surface area contributed by atoms with E-state index in [0.717, 1.165) is 43.2 Å². The molecule has 5 heterocycles. The Bertz CT molecular complexity index is 957. The highest BCUT2D eigenvalue weighted by Gasteiger charge is 2.50. The van der Waals surface area contributed by atoms with Crippen molar-refractivity contribution in [3.05, 3.63) is 35.2 Å². The molecule has 0 radical (unpaired) electrons. The summed E-state index contributed by atoms with van der Waals surface area (Å²) in [6.45, 7) is 11.3. The van der Waals surface area contributed by atoms with Crippen LogP contribution in [0.2, 0.25) is 0 Å². The van der Waals surface area contributed by atoms with E-state index in [-0.39, 0.29) is 0 Å². The zero-order valence-electron chi connectivity index (χ0n) is 16.9. The van der Waals surface area contributed by atoms with Crippen molar-refractivity contribution >= 4 is 27.4 Å². The number of hydrogen-bond donors (Lipinski definition) is 1. The molecule has 1 N–H and O–H groups in total. The van der Waals surface area contributed by atoms with Gasteiger partial charge in [0.1, 0.15) is 17.0 Å². The molecule has 0 amide bonds. The van der Waals surface area contributed by atoms with Crippen molar-refractivity contribution in [2.75, 3.05) is 31.1 Å². The van der Waals surface area contributed by atoms with Gasteiger partial charge >= 0.3 is 0 Å². The van der Waals surface area contributed by atoms with Gasteiger partial charge in [-0.05, 0) is 24.8 Å². The molecule has 0 aromatic carbocycles. The molecule has 1 atom stereocenters. The summed E-state index contributed by atoms with van der Waals surface area (Å²) in [4.78, 5) is 16.8. The van der Waals surface area contributed by atoms with Crippen LogP contribution in [0.5, 0.6) is 0 Å². The molecular formula is C21H28N6S. The Kier molecular flexibility index (Phi) is 4.39. The topological polar surface area (TPSA) is 60.9 Å². The van der Waals surface area contributed by atoms with Crippen LogP contribution in [0.25, 0.3) is 10.2 Å². The summed E-state index contributed by atoms with van der Waals surface area (Å²) in [6, 6.07) is 2.74. The molecule has 0 unspecified atom stereocenters. The predicted molar refractivity (Wildman–Crippen MR) is 114 cm³/mol. The number of likely N-dealkylation sites (tertiary alicyclic amines) is 1. The molecule has 2 saturated heterocycles. The summed E-state index contributed by atoms with van der Waals surface area (Å²) < 4.78 is 0. The number of aryl methyl sites for hydroxylation is 1. The van der Waals surface area contributed by atoms with Crippen molar-refractivity contribution in [3.8, 4) is 0 Å². The molecule has 2 aliphatic heterocycles. The fourth-order valence-electron chi connectivity index (χ4n) is 5.15. The second-order valence-electron chi connectivity index (χ2n) is 8.78. The molecule has 0 bridgehead atoms. The third kappa shape index (κ3) is 2.92. The van der Waals surface area contributed by atoms with E-state index in [9.17, 15) is 0 Å². The lowest BCUT2D eigenvalue weighted by Crippen LogP contribution is -2.59. The van der Waals surface area contributed by atoms with Crippen molar-refractivity contribution in [2.45, 2.75) is 39.7 Å². The quantitative estimate of drug-likeness (QED) is 0.709. The average Bonchev–Trinajstić information content (AvgIpc) is 3.39. The summed E-state index contributed by atoms with van der Waals surface area (Å²) in [5.41, 5.74) is 1.71. The smallest absolute Gasteiger partial charge is 0.140 e. The van der Waals surface area contributed by atoms with Crippen molar-refractivity contribution in [3.63, 3.8) is 0 Å². The van der Waals surface area contributed by atoms with E-state index in [4.69, 9.17) is 0 Å². The Morgan fingerprint density at radius 1 is 1.25 bits per heavy atom. The minimum Gasteiger partial charge on any atom is -0.355 e. The number of thiophene rings is 1. The summed E-state index contributed by atoms with van der Waals surface area (Å²) in [5, 5.41) is 8.39. The van der Waals surface area contributed by atoms with E-state index in [1.807, 2.05) is 6.20 Å². The normalized spacial score (nSPS) is 20.4. The van der Waals surface area contributed by atoms with Crippen LogP contribution in [0.4, 0.5) is 5.82 Å². The molecule has 7 heteroatoms. The van der Waals surface area contributed by atoms with Gasteiger partial charge in [-0.1, -0.05) is 20.8 Å². The van der Waals surface area contributed by atoms with Crippen LogP contribution in [0.3, 0.4) is 0 Å². The lowest BCUT2D eigenvalue weighted by atomic mass is 9.76. The zero-order valence-corrected chi connectivity index (χ0v) is 17.7. The minimum atomic E-state index is 0.401. The van der Waals surface area contributed by atoms with Crippen LogP contribution in [-0.4, -0.2) is 51.2 Å². The fourth-order valence-corrected chi connectivity index (χ4v) is 6.07. The van der Waals surface area contributed by atoms with Crippen LogP contribution < -0.4 is 4.90 Å². The van der Waals surface area contributed by atoms with Gasteiger partial charge in [0.15, 0.2) is 0 Å². The molecule has 2 fully saturated rings. The molecule has 3 aromatic rings. The van der Waals surface area contributed by atoms with Crippen LogP contribution in [-0.2, 0) is 6.42 Å². The molecule has 5 rings (SSSR count). The number of hydrogen-bond acceptors (Lipinski definition) is 6. The number of anilines is 1. The summed E-state index contributed by atoms with van der Waals surface area (Å²) >= 11 is 1.80. The van der Waals surface area contributed by atoms with Crippen molar-refractivity contribution in [1.29, 1.82) is 0 Å². The molecule has 0 saturated carbocycles. The third-order valence-electron chi connectivity index (χ3n) is 6.41. The zero-order chi connectivity index (χ0) is 19.3. The van der Waals surface area contributed by atoms with Gasteiger partial charge in [0.2, 0.25) is 0 Å². The number of fused-ring (bicyclic) bond motifs is 1. The van der Waals surface area contributed by atoms with E-state index in [0.29, 0.717) is 17.4 Å². The first-order valence-electron chi connectivity index (χ1n) is 10.3. The highest BCUT2D eigenvalue weighted by Crippen LogP contribution is 2.46. The maximum absolute atomic E-state index is 4.68. The monoisotopic (exact) mass is 396 g/mol.